The molecule has 1 unspecified atom stereocenters. The fourth-order valence-corrected chi connectivity index (χ4v) is 4.08. The maximum absolute atomic E-state index is 12.2. The number of carbonyl (C=O) groups excluding carboxylic acids is 1. The molecule has 1 saturated heterocycles. The third-order valence-electron chi connectivity index (χ3n) is 4.68. The van der Waals surface area contributed by atoms with Gasteiger partial charge in [-0.1, -0.05) is 0 Å². The van der Waals surface area contributed by atoms with E-state index in [4.69, 9.17) is 4.98 Å². The fraction of sp³-hybridized carbons (Fsp3) is 0.750. The van der Waals surface area contributed by atoms with Gasteiger partial charge in [-0.15, -0.1) is 11.3 Å². The van der Waals surface area contributed by atoms with Crippen LogP contribution in [0.4, 0.5) is 0 Å². The molecule has 1 atom stereocenters. The number of hydrogen-bond acceptors (Lipinski definition) is 4. The van der Waals surface area contributed by atoms with Crippen LogP contribution in [0.2, 0.25) is 0 Å². The molecule has 4 rings (SSSR count). The maximum Gasteiger partial charge on any atom is 0.224 e. The topological polar surface area (TPSA) is 45.2 Å². The number of nitrogens with zero attached hydrogens (tertiary/aromatic N) is 2. The van der Waals surface area contributed by atoms with Gasteiger partial charge in [0.2, 0.25) is 5.91 Å². The van der Waals surface area contributed by atoms with E-state index in [0.717, 1.165) is 38.4 Å². The molecule has 2 saturated carbocycles. The molecule has 0 radical (unpaired) electrons. The molecule has 2 aliphatic carbocycles. The van der Waals surface area contributed by atoms with Crippen molar-refractivity contribution in [3.05, 3.63) is 16.1 Å². The molecule has 1 aromatic rings. The molecule has 114 valence electrons. The molecule has 3 fully saturated rings. The standard InChI is InChI=1S/C16H23N3OS/c20-15(17-13-5-6-13)12-2-1-7-19(8-12)9-14-10-21-16(18-14)11-3-4-11/h10-13H,1-9H2,(H,17,20). The summed E-state index contributed by atoms with van der Waals surface area (Å²) in [5, 5.41) is 6.69. The minimum atomic E-state index is 0.181. The first-order valence-electron chi connectivity index (χ1n) is 8.25. The summed E-state index contributed by atoms with van der Waals surface area (Å²) in [4.78, 5) is 19.4. The highest BCUT2D eigenvalue weighted by atomic mass is 32.1. The van der Waals surface area contributed by atoms with E-state index in [2.05, 4.69) is 15.6 Å². The molecule has 0 spiro atoms. The zero-order valence-corrected chi connectivity index (χ0v) is 13.2. The summed E-state index contributed by atoms with van der Waals surface area (Å²) in [6, 6.07) is 0.479. The molecule has 1 N–H and O–H groups in total. The van der Waals surface area contributed by atoms with Crippen molar-refractivity contribution in [3.8, 4) is 0 Å². The Balaban J connectivity index is 1.32. The molecular formula is C16H23N3OS. The first-order chi connectivity index (χ1) is 10.3. The van der Waals surface area contributed by atoms with Gasteiger partial charge in [0, 0.05) is 30.4 Å². The van der Waals surface area contributed by atoms with E-state index < -0.39 is 0 Å². The van der Waals surface area contributed by atoms with Crippen LogP contribution in [0.3, 0.4) is 0 Å². The van der Waals surface area contributed by atoms with Gasteiger partial charge in [0.05, 0.1) is 16.6 Å². The van der Waals surface area contributed by atoms with Crippen molar-refractivity contribution in [1.82, 2.24) is 15.2 Å². The van der Waals surface area contributed by atoms with Gasteiger partial charge >= 0.3 is 0 Å². The Kier molecular flexibility index (Phi) is 3.71. The van der Waals surface area contributed by atoms with Crippen molar-refractivity contribution in [2.45, 2.75) is 57.0 Å². The number of rotatable bonds is 5. The first kappa shape index (κ1) is 13.7. The zero-order chi connectivity index (χ0) is 14.2. The van der Waals surface area contributed by atoms with Gasteiger partial charge in [0.1, 0.15) is 0 Å². The minimum absolute atomic E-state index is 0.181. The summed E-state index contributed by atoms with van der Waals surface area (Å²) in [5.74, 6) is 1.21. The normalized spacial score (nSPS) is 26.8. The Bertz CT molecular complexity index is 521. The number of piperidine rings is 1. The van der Waals surface area contributed by atoms with Gasteiger partial charge in [0.15, 0.2) is 0 Å². The van der Waals surface area contributed by atoms with E-state index in [1.807, 2.05) is 11.3 Å². The Hall–Kier alpha value is -0.940. The SMILES string of the molecule is O=C(NC1CC1)C1CCCN(Cc2csc(C3CC3)n2)C1. The third kappa shape index (κ3) is 3.46. The summed E-state index contributed by atoms with van der Waals surface area (Å²) in [6.45, 7) is 2.91. The average Bonchev–Trinajstić information content (AvgIpc) is 3.41. The first-order valence-corrected chi connectivity index (χ1v) is 9.13. The lowest BCUT2D eigenvalue weighted by Gasteiger charge is -2.31. The highest BCUT2D eigenvalue weighted by Crippen LogP contribution is 2.41. The lowest BCUT2D eigenvalue weighted by Crippen LogP contribution is -2.43. The second-order valence-electron chi connectivity index (χ2n) is 6.81. The average molecular weight is 305 g/mol. The Morgan fingerprint density at radius 3 is 2.95 bits per heavy atom. The number of aromatic nitrogens is 1. The van der Waals surface area contributed by atoms with Crippen LogP contribution in [-0.4, -0.2) is 34.9 Å². The van der Waals surface area contributed by atoms with E-state index in [1.165, 1.54) is 36.4 Å². The molecule has 3 aliphatic rings. The summed E-state index contributed by atoms with van der Waals surface area (Å²) in [7, 11) is 0. The molecule has 1 amide bonds. The van der Waals surface area contributed by atoms with Crippen molar-refractivity contribution in [2.24, 2.45) is 5.92 Å². The Morgan fingerprint density at radius 2 is 2.19 bits per heavy atom. The fourth-order valence-electron chi connectivity index (χ4n) is 3.10. The smallest absolute Gasteiger partial charge is 0.224 e. The highest BCUT2D eigenvalue weighted by molar-refractivity contribution is 7.09. The van der Waals surface area contributed by atoms with Crippen LogP contribution >= 0.6 is 11.3 Å². The van der Waals surface area contributed by atoms with E-state index in [0.29, 0.717) is 6.04 Å². The van der Waals surface area contributed by atoms with Gasteiger partial charge < -0.3 is 5.32 Å². The van der Waals surface area contributed by atoms with Gasteiger partial charge in [-0.05, 0) is 45.1 Å². The number of amides is 1. The number of nitrogens with one attached hydrogen (secondary N) is 1. The van der Waals surface area contributed by atoms with Gasteiger partial charge in [0.25, 0.3) is 0 Å². The van der Waals surface area contributed by atoms with Crippen molar-refractivity contribution in [1.29, 1.82) is 0 Å². The molecule has 1 aromatic heterocycles. The third-order valence-corrected chi connectivity index (χ3v) is 5.74. The molecule has 4 nitrogen and oxygen atoms in total. The van der Waals surface area contributed by atoms with Crippen molar-refractivity contribution in [2.75, 3.05) is 13.1 Å². The molecular weight excluding hydrogens is 282 g/mol. The van der Waals surface area contributed by atoms with Crippen molar-refractivity contribution in [3.63, 3.8) is 0 Å². The summed E-state index contributed by atoms with van der Waals surface area (Å²) in [5.41, 5.74) is 1.20. The summed E-state index contributed by atoms with van der Waals surface area (Å²) in [6.07, 6.45) is 7.15. The molecule has 0 bridgehead atoms. The largest absolute Gasteiger partial charge is 0.353 e. The van der Waals surface area contributed by atoms with Crippen LogP contribution in [0.5, 0.6) is 0 Å². The Labute approximate surface area is 129 Å². The van der Waals surface area contributed by atoms with Crippen LogP contribution in [0.15, 0.2) is 5.38 Å². The molecule has 21 heavy (non-hydrogen) atoms. The number of hydrogen-bond donors (Lipinski definition) is 1. The number of carbonyl (C=O) groups is 1. The minimum Gasteiger partial charge on any atom is -0.353 e. The monoisotopic (exact) mass is 305 g/mol. The van der Waals surface area contributed by atoms with E-state index in [9.17, 15) is 4.79 Å². The van der Waals surface area contributed by atoms with Gasteiger partial charge in [-0.2, -0.15) is 0 Å². The maximum atomic E-state index is 12.2. The molecule has 2 heterocycles. The Morgan fingerprint density at radius 1 is 1.33 bits per heavy atom. The van der Waals surface area contributed by atoms with Crippen LogP contribution in [0, 0.1) is 5.92 Å². The zero-order valence-electron chi connectivity index (χ0n) is 12.4. The van der Waals surface area contributed by atoms with Gasteiger partial charge in [-0.3, -0.25) is 9.69 Å². The lowest BCUT2D eigenvalue weighted by molar-refractivity contribution is -0.126. The molecule has 1 aliphatic heterocycles. The van der Waals surface area contributed by atoms with Crippen molar-refractivity contribution < 1.29 is 4.79 Å². The quantitative estimate of drug-likeness (QED) is 0.909. The van der Waals surface area contributed by atoms with E-state index in [1.54, 1.807) is 0 Å². The number of likely N-dealkylation sites (tertiary alicyclic amines) is 1. The second kappa shape index (κ2) is 5.69. The molecule has 0 aromatic carbocycles. The predicted octanol–water partition coefficient (Wildman–Crippen LogP) is 2.51. The van der Waals surface area contributed by atoms with Gasteiger partial charge in [-0.25, -0.2) is 4.98 Å². The summed E-state index contributed by atoms with van der Waals surface area (Å²) < 4.78 is 0. The lowest BCUT2D eigenvalue weighted by atomic mass is 9.97. The van der Waals surface area contributed by atoms with E-state index in [-0.39, 0.29) is 11.8 Å². The molecule has 5 heteroatoms. The van der Waals surface area contributed by atoms with Crippen LogP contribution in [0.1, 0.15) is 55.1 Å². The van der Waals surface area contributed by atoms with Crippen molar-refractivity contribution >= 4 is 17.2 Å². The van der Waals surface area contributed by atoms with Crippen LogP contribution < -0.4 is 5.32 Å². The second-order valence-corrected chi connectivity index (χ2v) is 7.70. The van der Waals surface area contributed by atoms with Crippen LogP contribution in [-0.2, 0) is 11.3 Å². The summed E-state index contributed by atoms with van der Waals surface area (Å²) >= 11 is 1.82. The highest BCUT2D eigenvalue weighted by Gasteiger charge is 2.31. The van der Waals surface area contributed by atoms with E-state index >= 15 is 0 Å². The predicted molar refractivity (Wildman–Crippen MR) is 83.3 cm³/mol. The van der Waals surface area contributed by atoms with Crippen LogP contribution in [0.25, 0.3) is 0 Å². The number of thiazole rings is 1.